The van der Waals surface area contributed by atoms with E-state index >= 15 is 0 Å². The monoisotopic (exact) mass is 409 g/mol. The van der Waals surface area contributed by atoms with E-state index in [-0.39, 0.29) is 22.8 Å². The molecule has 2 N–H and O–H groups in total. The molecule has 1 saturated heterocycles. The van der Waals surface area contributed by atoms with Crippen molar-refractivity contribution in [3.05, 3.63) is 29.5 Å². The SMILES string of the molecule is Cc1nc(N[C@@H]2CCCN(C(C)(C)C)C2)nnc1-c1ccc(C(F)(F)F)cc1O. The first-order valence-electron chi connectivity index (χ1n) is 9.58. The lowest BCUT2D eigenvalue weighted by molar-refractivity contribution is -0.137. The molecule has 0 radical (unpaired) electrons. The number of hydrogen-bond donors (Lipinski definition) is 2. The molecule has 0 aliphatic carbocycles. The molecule has 0 amide bonds. The predicted molar refractivity (Wildman–Crippen MR) is 105 cm³/mol. The number of hydrogen-bond acceptors (Lipinski definition) is 6. The number of aromatic nitrogens is 3. The van der Waals surface area contributed by atoms with E-state index in [1.807, 2.05) is 0 Å². The van der Waals surface area contributed by atoms with Crippen LogP contribution >= 0.6 is 0 Å². The van der Waals surface area contributed by atoms with E-state index in [2.05, 4.69) is 46.2 Å². The molecule has 1 atom stereocenters. The van der Waals surface area contributed by atoms with E-state index in [9.17, 15) is 18.3 Å². The quantitative estimate of drug-likeness (QED) is 0.790. The zero-order valence-corrected chi connectivity index (χ0v) is 17.0. The highest BCUT2D eigenvalue weighted by Gasteiger charge is 2.32. The van der Waals surface area contributed by atoms with E-state index in [0.717, 1.165) is 32.0 Å². The first-order valence-corrected chi connectivity index (χ1v) is 9.58. The second-order valence-electron chi connectivity index (χ2n) is 8.40. The van der Waals surface area contributed by atoms with Crippen LogP contribution in [0.15, 0.2) is 18.2 Å². The van der Waals surface area contributed by atoms with Crippen molar-refractivity contribution in [2.75, 3.05) is 18.4 Å². The molecule has 1 aliphatic rings. The summed E-state index contributed by atoms with van der Waals surface area (Å²) in [5.41, 5.74) is 0.0528. The summed E-state index contributed by atoms with van der Waals surface area (Å²) in [5.74, 6) is -0.133. The number of anilines is 1. The minimum absolute atomic E-state index is 0.0827. The Morgan fingerprint density at radius 2 is 1.90 bits per heavy atom. The zero-order valence-electron chi connectivity index (χ0n) is 17.0. The molecule has 1 aromatic carbocycles. The van der Waals surface area contributed by atoms with Gasteiger partial charge in [-0.05, 0) is 65.3 Å². The largest absolute Gasteiger partial charge is 0.507 e. The van der Waals surface area contributed by atoms with Crippen molar-refractivity contribution in [3.63, 3.8) is 0 Å². The van der Waals surface area contributed by atoms with E-state index < -0.39 is 17.5 Å². The summed E-state index contributed by atoms with van der Waals surface area (Å²) in [6.45, 7) is 10.2. The molecule has 1 aliphatic heterocycles. The first kappa shape index (κ1) is 21.3. The predicted octanol–water partition coefficient (Wildman–Crippen LogP) is 4.25. The van der Waals surface area contributed by atoms with Crippen molar-refractivity contribution in [2.24, 2.45) is 0 Å². The number of nitrogens with one attached hydrogen (secondary N) is 1. The molecule has 0 spiro atoms. The minimum Gasteiger partial charge on any atom is -0.507 e. The van der Waals surface area contributed by atoms with Crippen LogP contribution in [-0.2, 0) is 6.18 Å². The lowest BCUT2D eigenvalue weighted by Gasteiger charge is -2.41. The van der Waals surface area contributed by atoms with Crippen LogP contribution < -0.4 is 5.32 Å². The molecule has 2 heterocycles. The third-order valence-electron chi connectivity index (χ3n) is 5.14. The molecule has 0 bridgehead atoms. The van der Waals surface area contributed by atoms with Gasteiger partial charge in [-0.3, -0.25) is 4.90 Å². The molecule has 0 saturated carbocycles. The van der Waals surface area contributed by atoms with Gasteiger partial charge in [-0.2, -0.15) is 13.2 Å². The molecule has 2 aromatic rings. The van der Waals surface area contributed by atoms with Gasteiger partial charge in [-0.25, -0.2) is 4.98 Å². The van der Waals surface area contributed by atoms with Gasteiger partial charge in [0.25, 0.3) is 0 Å². The number of phenolic OH excluding ortho intramolecular Hbond substituents is 1. The molecule has 1 aromatic heterocycles. The van der Waals surface area contributed by atoms with Gasteiger partial charge >= 0.3 is 6.18 Å². The van der Waals surface area contributed by atoms with E-state index in [1.165, 1.54) is 6.07 Å². The number of rotatable bonds is 3. The second-order valence-corrected chi connectivity index (χ2v) is 8.40. The van der Waals surface area contributed by atoms with Gasteiger partial charge in [0.2, 0.25) is 5.95 Å². The number of aryl methyl sites for hydroxylation is 1. The summed E-state index contributed by atoms with van der Waals surface area (Å²) >= 11 is 0. The Morgan fingerprint density at radius 1 is 1.17 bits per heavy atom. The molecule has 6 nitrogen and oxygen atoms in total. The fourth-order valence-corrected chi connectivity index (χ4v) is 3.51. The maximum atomic E-state index is 12.8. The van der Waals surface area contributed by atoms with Gasteiger partial charge in [-0.15, -0.1) is 10.2 Å². The van der Waals surface area contributed by atoms with Crippen molar-refractivity contribution in [2.45, 2.75) is 58.3 Å². The van der Waals surface area contributed by atoms with Crippen LogP contribution in [0.2, 0.25) is 0 Å². The molecule has 9 heteroatoms. The summed E-state index contributed by atoms with van der Waals surface area (Å²) in [7, 11) is 0. The fourth-order valence-electron chi connectivity index (χ4n) is 3.51. The van der Waals surface area contributed by atoms with Crippen molar-refractivity contribution < 1.29 is 18.3 Å². The first-order chi connectivity index (χ1) is 13.4. The maximum Gasteiger partial charge on any atom is 0.416 e. The Kier molecular flexibility index (Phi) is 5.71. The molecule has 3 rings (SSSR count). The Balaban J connectivity index is 1.77. The van der Waals surface area contributed by atoms with Crippen molar-refractivity contribution in [3.8, 4) is 17.0 Å². The summed E-state index contributed by atoms with van der Waals surface area (Å²) < 4.78 is 38.4. The lowest BCUT2D eigenvalue weighted by atomic mass is 9.98. The van der Waals surface area contributed by atoms with Crippen LogP contribution in [0.25, 0.3) is 11.3 Å². The molecule has 0 unspecified atom stereocenters. The number of nitrogens with zero attached hydrogens (tertiary/aromatic N) is 4. The summed E-state index contributed by atoms with van der Waals surface area (Å²) in [6, 6.07) is 2.97. The van der Waals surface area contributed by atoms with Gasteiger partial charge in [0, 0.05) is 23.7 Å². The standard InChI is InChI=1S/C20H26F3N5O/c1-12-17(15-8-7-13(10-16(15)29)20(21,22)23)26-27-18(24-12)25-14-6-5-9-28(11-14)19(2,3)4/h7-8,10,14,29H,5-6,9,11H2,1-4H3,(H,24,25,27)/t14-/m1/s1. The Bertz CT molecular complexity index is 879. The molecule has 158 valence electrons. The maximum absolute atomic E-state index is 12.8. The number of aromatic hydroxyl groups is 1. The smallest absolute Gasteiger partial charge is 0.416 e. The Morgan fingerprint density at radius 3 is 2.48 bits per heavy atom. The number of piperidine rings is 1. The number of likely N-dealkylation sites (tertiary alicyclic amines) is 1. The second kappa shape index (κ2) is 7.78. The minimum atomic E-state index is -4.52. The van der Waals surface area contributed by atoms with Crippen LogP contribution in [0.4, 0.5) is 19.1 Å². The van der Waals surface area contributed by atoms with E-state index in [0.29, 0.717) is 17.7 Å². The van der Waals surface area contributed by atoms with Crippen LogP contribution in [-0.4, -0.2) is 49.9 Å². The summed E-state index contributed by atoms with van der Waals surface area (Å²) in [5, 5.41) is 21.6. The lowest BCUT2D eigenvalue weighted by Crippen LogP contribution is -2.50. The number of halogens is 3. The van der Waals surface area contributed by atoms with Crippen LogP contribution in [0.1, 0.15) is 44.9 Å². The highest BCUT2D eigenvalue weighted by atomic mass is 19.4. The average molecular weight is 409 g/mol. The average Bonchev–Trinajstić information content (AvgIpc) is 2.61. The number of alkyl halides is 3. The highest BCUT2D eigenvalue weighted by Crippen LogP contribution is 2.36. The number of benzene rings is 1. The zero-order chi connectivity index (χ0) is 21.4. The Hall–Kier alpha value is -2.42. The van der Waals surface area contributed by atoms with Gasteiger partial charge in [0.15, 0.2) is 0 Å². The summed E-state index contributed by atoms with van der Waals surface area (Å²) in [6.07, 6.45) is -2.46. The van der Waals surface area contributed by atoms with Gasteiger partial charge in [0.1, 0.15) is 11.4 Å². The fraction of sp³-hybridized carbons (Fsp3) is 0.550. The van der Waals surface area contributed by atoms with E-state index in [1.54, 1.807) is 6.92 Å². The van der Waals surface area contributed by atoms with Crippen molar-refractivity contribution >= 4 is 5.95 Å². The third-order valence-corrected chi connectivity index (χ3v) is 5.14. The normalized spacial score (nSPS) is 18.7. The van der Waals surface area contributed by atoms with Gasteiger partial charge < -0.3 is 10.4 Å². The van der Waals surface area contributed by atoms with Crippen LogP contribution in [0.3, 0.4) is 0 Å². The highest BCUT2D eigenvalue weighted by molar-refractivity contribution is 5.69. The van der Waals surface area contributed by atoms with E-state index in [4.69, 9.17) is 0 Å². The molecule has 29 heavy (non-hydrogen) atoms. The molecular formula is C20H26F3N5O. The van der Waals surface area contributed by atoms with Crippen LogP contribution in [0, 0.1) is 6.92 Å². The van der Waals surface area contributed by atoms with Crippen LogP contribution in [0.5, 0.6) is 5.75 Å². The molecule has 1 fully saturated rings. The van der Waals surface area contributed by atoms with Gasteiger partial charge in [0.05, 0.1) is 11.3 Å². The Labute approximate surface area is 168 Å². The van der Waals surface area contributed by atoms with Gasteiger partial charge in [-0.1, -0.05) is 0 Å². The summed E-state index contributed by atoms with van der Waals surface area (Å²) in [4.78, 5) is 6.81. The van der Waals surface area contributed by atoms with Crippen molar-refractivity contribution in [1.29, 1.82) is 0 Å². The third kappa shape index (κ3) is 4.95. The topological polar surface area (TPSA) is 74.2 Å². The number of phenols is 1. The van der Waals surface area contributed by atoms with Crippen molar-refractivity contribution in [1.82, 2.24) is 20.1 Å². The molecular weight excluding hydrogens is 383 g/mol.